The Morgan fingerprint density at radius 3 is 2.61 bits per heavy atom. The van der Waals surface area contributed by atoms with Gasteiger partial charge in [0.1, 0.15) is 10.6 Å². The molecule has 1 aromatic carbocycles. The highest BCUT2D eigenvalue weighted by molar-refractivity contribution is 7.89. The molecular weight excluding hydrogens is 256 g/mol. The number of hydrogen-bond donors (Lipinski definition) is 2. The van der Waals surface area contributed by atoms with E-state index in [9.17, 15) is 8.42 Å². The van der Waals surface area contributed by atoms with Crippen molar-refractivity contribution in [2.45, 2.75) is 11.4 Å². The van der Waals surface area contributed by atoms with Gasteiger partial charge in [0, 0.05) is 20.2 Å². The van der Waals surface area contributed by atoms with Crippen molar-refractivity contribution in [3.05, 3.63) is 23.8 Å². The molecule has 0 unspecified atom stereocenters. The molecule has 0 saturated carbocycles. The Kier molecular flexibility index (Phi) is 5.54. The van der Waals surface area contributed by atoms with Crippen LogP contribution in [-0.2, 0) is 21.3 Å². The summed E-state index contributed by atoms with van der Waals surface area (Å²) in [6, 6.07) is 4.76. The van der Waals surface area contributed by atoms with E-state index in [1.54, 1.807) is 12.1 Å². The van der Waals surface area contributed by atoms with E-state index in [1.165, 1.54) is 20.3 Å². The monoisotopic (exact) mass is 274 g/mol. The van der Waals surface area contributed by atoms with Crippen LogP contribution in [0.3, 0.4) is 0 Å². The zero-order valence-electron chi connectivity index (χ0n) is 10.5. The molecule has 0 bridgehead atoms. The van der Waals surface area contributed by atoms with Crippen molar-refractivity contribution in [1.29, 1.82) is 0 Å². The smallest absolute Gasteiger partial charge is 0.244 e. The van der Waals surface area contributed by atoms with Crippen molar-refractivity contribution in [3.63, 3.8) is 0 Å². The number of benzene rings is 1. The van der Waals surface area contributed by atoms with E-state index in [0.29, 0.717) is 13.2 Å². The zero-order valence-corrected chi connectivity index (χ0v) is 11.3. The van der Waals surface area contributed by atoms with Gasteiger partial charge < -0.3 is 15.2 Å². The second-order valence-corrected chi connectivity index (χ2v) is 5.32. The Bertz CT molecular complexity index is 488. The third kappa shape index (κ3) is 3.67. The summed E-state index contributed by atoms with van der Waals surface area (Å²) in [6.45, 7) is 0.844. The first-order valence-electron chi connectivity index (χ1n) is 5.40. The summed E-state index contributed by atoms with van der Waals surface area (Å²) < 4.78 is 36.3. The molecule has 0 aliphatic heterocycles. The highest BCUT2D eigenvalue weighted by Gasteiger charge is 2.18. The molecule has 0 heterocycles. The van der Waals surface area contributed by atoms with Crippen molar-refractivity contribution in [2.24, 2.45) is 5.73 Å². The first kappa shape index (κ1) is 14.9. The molecule has 7 heteroatoms. The SMILES string of the molecule is COCCNS(=O)(=O)c1ccc(CN)cc1OC. The van der Waals surface area contributed by atoms with Crippen LogP contribution >= 0.6 is 0 Å². The molecule has 18 heavy (non-hydrogen) atoms. The lowest BCUT2D eigenvalue weighted by Crippen LogP contribution is -2.27. The summed E-state index contributed by atoms with van der Waals surface area (Å²) in [4.78, 5) is 0.0957. The van der Waals surface area contributed by atoms with Gasteiger partial charge in [-0.25, -0.2) is 13.1 Å². The largest absolute Gasteiger partial charge is 0.495 e. The van der Waals surface area contributed by atoms with Crippen molar-refractivity contribution < 1.29 is 17.9 Å². The molecule has 0 aromatic heterocycles. The van der Waals surface area contributed by atoms with Crippen LogP contribution in [0.1, 0.15) is 5.56 Å². The minimum absolute atomic E-state index is 0.0957. The second kappa shape index (κ2) is 6.69. The van der Waals surface area contributed by atoms with Crippen molar-refractivity contribution in [2.75, 3.05) is 27.4 Å². The molecular formula is C11H18N2O4S. The van der Waals surface area contributed by atoms with Crippen molar-refractivity contribution in [3.8, 4) is 5.75 Å². The molecule has 0 aliphatic carbocycles. The molecule has 6 nitrogen and oxygen atoms in total. The molecule has 1 aromatic rings. The molecule has 0 amide bonds. The van der Waals surface area contributed by atoms with Crippen molar-refractivity contribution in [1.82, 2.24) is 4.72 Å². The van der Waals surface area contributed by atoms with Gasteiger partial charge >= 0.3 is 0 Å². The summed E-state index contributed by atoms with van der Waals surface area (Å²) >= 11 is 0. The third-order valence-corrected chi connectivity index (χ3v) is 3.85. The number of hydrogen-bond acceptors (Lipinski definition) is 5. The van der Waals surface area contributed by atoms with Gasteiger partial charge in [0.2, 0.25) is 10.0 Å². The number of sulfonamides is 1. The molecule has 0 aliphatic rings. The van der Waals surface area contributed by atoms with E-state index < -0.39 is 10.0 Å². The average molecular weight is 274 g/mol. The van der Waals surface area contributed by atoms with E-state index in [4.69, 9.17) is 15.2 Å². The van der Waals surface area contributed by atoms with Crippen LogP contribution in [-0.4, -0.2) is 35.8 Å². The van der Waals surface area contributed by atoms with Crippen LogP contribution in [0.2, 0.25) is 0 Å². The van der Waals surface area contributed by atoms with Crippen LogP contribution in [0.15, 0.2) is 23.1 Å². The molecule has 0 spiro atoms. The lowest BCUT2D eigenvalue weighted by molar-refractivity contribution is 0.204. The summed E-state index contributed by atoms with van der Waals surface area (Å²) in [5.74, 6) is 0.280. The Labute approximate surface area is 107 Å². The van der Waals surface area contributed by atoms with E-state index >= 15 is 0 Å². The van der Waals surface area contributed by atoms with Gasteiger partial charge in [-0.2, -0.15) is 0 Å². The second-order valence-electron chi connectivity index (χ2n) is 3.58. The van der Waals surface area contributed by atoms with Gasteiger partial charge in [0.25, 0.3) is 0 Å². The van der Waals surface area contributed by atoms with Gasteiger partial charge in [0.15, 0.2) is 0 Å². The Morgan fingerprint density at radius 2 is 2.06 bits per heavy atom. The average Bonchev–Trinajstić information content (AvgIpc) is 2.38. The van der Waals surface area contributed by atoms with Crippen LogP contribution in [0, 0.1) is 0 Å². The van der Waals surface area contributed by atoms with Gasteiger partial charge in [-0.05, 0) is 17.7 Å². The lowest BCUT2D eigenvalue weighted by Gasteiger charge is -2.11. The summed E-state index contributed by atoms with van der Waals surface area (Å²) in [5, 5.41) is 0. The zero-order chi connectivity index (χ0) is 13.6. The van der Waals surface area contributed by atoms with Crippen LogP contribution in [0.4, 0.5) is 0 Å². The van der Waals surface area contributed by atoms with E-state index in [2.05, 4.69) is 4.72 Å². The topological polar surface area (TPSA) is 90.7 Å². The highest BCUT2D eigenvalue weighted by Crippen LogP contribution is 2.24. The van der Waals surface area contributed by atoms with Crippen LogP contribution in [0.25, 0.3) is 0 Å². The normalized spacial score (nSPS) is 11.5. The minimum atomic E-state index is -3.60. The number of nitrogens with one attached hydrogen (secondary N) is 1. The fourth-order valence-corrected chi connectivity index (χ4v) is 2.58. The number of rotatable bonds is 7. The van der Waals surface area contributed by atoms with Gasteiger partial charge in [-0.15, -0.1) is 0 Å². The minimum Gasteiger partial charge on any atom is -0.495 e. The molecule has 0 atom stereocenters. The van der Waals surface area contributed by atoms with E-state index in [-0.39, 0.29) is 17.2 Å². The van der Waals surface area contributed by atoms with Gasteiger partial charge in [-0.3, -0.25) is 0 Å². The fourth-order valence-electron chi connectivity index (χ4n) is 1.42. The predicted molar refractivity (Wildman–Crippen MR) is 67.9 cm³/mol. The highest BCUT2D eigenvalue weighted by atomic mass is 32.2. The summed E-state index contributed by atoms with van der Waals surface area (Å²) in [6.07, 6.45) is 0. The lowest BCUT2D eigenvalue weighted by atomic mass is 10.2. The van der Waals surface area contributed by atoms with Crippen LogP contribution < -0.4 is 15.2 Å². The van der Waals surface area contributed by atoms with Crippen molar-refractivity contribution >= 4 is 10.0 Å². The maximum atomic E-state index is 12.0. The maximum absolute atomic E-state index is 12.0. The first-order chi connectivity index (χ1) is 8.55. The predicted octanol–water partition coefficient (Wildman–Crippen LogP) is 0.0786. The quantitative estimate of drug-likeness (QED) is 0.687. The van der Waals surface area contributed by atoms with Crippen LogP contribution in [0.5, 0.6) is 5.75 Å². The molecule has 0 radical (unpaired) electrons. The molecule has 1 rings (SSSR count). The maximum Gasteiger partial charge on any atom is 0.244 e. The molecule has 0 saturated heterocycles. The Morgan fingerprint density at radius 1 is 1.33 bits per heavy atom. The summed E-state index contributed by atoms with van der Waals surface area (Å²) in [7, 11) is -0.671. The fraction of sp³-hybridized carbons (Fsp3) is 0.455. The van der Waals surface area contributed by atoms with Gasteiger partial charge in [-0.1, -0.05) is 6.07 Å². The molecule has 102 valence electrons. The summed E-state index contributed by atoms with van der Waals surface area (Å²) in [5.41, 5.74) is 6.30. The molecule has 3 N–H and O–H groups in total. The van der Waals surface area contributed by atoms with E-state index in [0.717, 1.165) is 5.56 Å². The standard InChI is InChI=1S/C11H18N2O4S/c1-16-6-5-13-18(14,15)11-4-3-9(8-12)7-10(11)17-2/h3-4,7,13H,5-6,8,12H2,1-2H3. The number of ether oxygens (including phenoxy) is 2. The Balaban J connectivity index is 3.00. The van der Waals surface area contributed by atoms with E-state index in [1.807, 2.05) is 0 Å². The first-order valence-corrected chi connectivity index (χ1v) is 6.89. The van der Waals surface area contributed by atoms with Gasteiger partial charge in [0.05, 0.1) is 13.7 Å². The number of nitrogens with two attached hydrogens (primary N) is 1. The Hall–Kier alpha value is -1.15. The molecule has 0 fully saturated rings. The third-order valence-electron chi connectivity index (χ3n) is 2.35. The number of methoxy groups -OCH3 is 2.